The molecule has 0 aromatic heterocycles. The molecule has 0 aliphatic rings. The van der Waals surface area contributed by atoms with Gasteiger partial charge in [0.2, 0.25) is 5.91 Å². The molecule has 0 fully saturated rings. The molecule has 0 bridgehead atoms. The van der Waals surface area contributed by atoms with Gasteiger partial charge in [-0.1, -0.05) is 309 Å². The number of amides is 1. The molecule has 0 spiro atoms. The van der Waals surface area contributed by atoms with Crippen LogP contribution in [-0.2, 0) is 4.79 Å². The average Bonchev–Trinajstić information content (AvgIpc) is 3.25. The Balaban J connectivity index is 3.49. The number of aliphatic hydroxyl groups is 3. The van der Waals surface area contributed by atoms with Gasteiger partial charge < -0.3 is 20.6 Å². The molecule has 0 saturated heterocycles. The van der Waals surface area contributed by atoms with E-state index < -0.39 is 18.2 Å². The maximum absolute atomic E-state index is 12.5. The molecule has 0 aromatic carbocycles. The van der Waals surface area contributed by atoms with Crippen molar-refractivity contribution < 1.29 is 20.1 Å². The number of carbonyl (C=O) groups is 1. The second-order valence-electron chi connectivity index (χ2n) is 19.9. The van der Waals surface area contributed by atoms with E-state index in [1.54, 1.807) is 0 Å². The van der Waals surface area contributed by atoms with Crippen LogP contribution in [-0.4, -0.2) is 46.1 Å². The van der Waals surface area contributed by atoms with Gasteiger partial charge in [-0.15, -0.1) is 0 Å². The van der Waals surface area contributed by atoms with E-state index in [4.69, 9.17) is 0 Å². The normalized spacial score (nSPS) is 13.2. The Kier molecular flexibility index (Phi) is 51.4. The molecule has 3 unspecified atom stereocenters. The fourth-order valence-corrected chi connectivity index (χ4v) is 9.35. The van der Waals surface area contributed by atoms with E-state index in [-0.39, 0.29) is 18.9 Å². The second-order valence-corrected chi connectivity index (χ2v) is 19.9. The third-order valence-electron chi connectivity index (χ3n) is 13.7. The van der Waals surface area contributed by atoms with Crippen LogP contribution >= 0.6 is 0 Å². The van der Waals surface area contributed by atoms with E-state index in [1.807, 2.05) is 0 Å². The molecule has 366 valence electrons. The van der Waals surface area contributed by atoms with Crippen LogP contribution in [0.1, 0.15) is 328 Å². The van der Waals surface area contributed by atoms with Gasteiger partial charge in [-0.3, -0.25) is 4.79 Å². The zero-order chi connectivity index (χ0) is 44.4. The van der Waals surface area contributed by atoms with Gasteiger partial charge in [0.15, 0.2) is 0 Å². The molecule has 0 aromatic rings. The van der Waals surface area contributed by atoms with E-state index in [9.17, 15) is 20.1 Å². The summed E-state index contributed by atoms with van der Waals surface area (Å²) in [5.74, 6) is -0.274. The Bertz CT molecular complexity index is 822. The highest BCUT2D eigenvalue weighted by atomic mass is 16.3. The summed E-state index contributed by atoms with van der Waals surface area (Å²) in [5.41, 5.74) is 0. The summed E-state index contributed by atoms with van der Waals surface area (Å²) < 4.78 is 0. The maximum atomic E-state index is 12.5. The first-order valence-electron chi connectivity index (χ1n) is 28.3. The number of unbranched alkanes of at least 4 members (excludes halogenated alkanes) is 44. The molecule has 5 nitrogen and oxygen atoms in total. The zero-order valence-electron chi connectivity index (χ0n) is 41.8. The molecule has 61 heavy (non-hydrogen) atoms. The lowest BCUT2D eigenvalue weighted by molar-refractivity contribution is -0.125. The summed E-state index contributed by atoms with van der Waals surface area (Å²) in [5, 5.41) is 33.7. The van der Waals surface area contributed by atoms with Crippen LogP contribution < -0.4 is 5.32 Å². The molecule has 0 aliphatic carbocycles. The highest BCUT2D eigenvalue weighted by molar-refractivity contribution is 5.76. The van der Waals surface area contributed by atoms with Crippen molar-refractivity contribution in [3.8, 4) is 0 Å². The van der Waals surface area contributed by atoms with Gasteiger partial charge in [0.25, 0.3) is 0 Å². The smallest absolute Gasteiger partial charge is 0.222 e. The molecule has 0 aliphatic heterocycles. The van der Waals surface area contributed by atoms with Crippen molar-refractivity contribution in [3.63, 3.8) is 0 Å². The highest BCUT2D eigenvalue weighted by Gasteiger charge is 2.21. The molecule has 0 heterocycles. The van der Waals surface area contributed by atoms with Crippen molar-refractivity contribution in [2.24, 2.45) is 0 Å². The summed E-state index contributed by atoms with van der Waals surface area (Å²) in [7, 11) is 0. The van der Waals surface area contributed by atoms with Crippen molar-refractivity contribution in [1.82, 2.24) is 5.32 Å². The molecular weight excluding hydrogens is 751 g/mol. The summed E-state index contributed by atoms with van der Waals surface area (Å²) in [6.07, 6.45) is 62.6. The lowest BCUT2D eigenvalue weighted by Gasteiger charge is -2.23. The van der Waals surface area contributed by atoms with Gasteiger partial charge in [0.1, 0.15) is 0 Å². The minimum Gasteiger partial charge on any atom is -0.394 e. The van der Waals surface area contributed by atoms with Gasteiger partial charge in [-0.2, -0.15) is 0 Å². The van der Waals surface area contributed by atoms with Gasteiger partial charge >= 0.3 is 0 Å². The van der Waals surface area contributed by atoms with Gasteiger partial charge in [0, 0.05) is 0 Å². The fraction of sp³-hybridized carbons (Fsp3) is 0.982. The first-order chi connectivity index (χ1) is 30.0. The summed E-state index contributed by atoms with van der Waals surface area (Å²) in [6.45, 7) is 4.31. The topological polar surface area (TPSA) is 89.8 Å². The quantitative estimate of drug-likeness (QED) is 0.0459. The summed E-state index contributed by atoms with van der Waals surface area (Å²) >= 11 is 0. The molecule has 5 heteroatoms. The van der Waals surface area contributed by atoms with E-state index >= 15 is 0 Å². The highest BCUT2D eigenvalue weighted by Crippen LogP contribution is 2.19. The number of carbonyl (C=O) groups excluding carboxylic acids is 1. The molecule has 1 amide bonds. The first-order valence-corrected chi connectivity index (χ1v) is 28.3. The van der Waals surface area contributed by atoms with Crippen LogP contribution in [0.25, 0.3) is 0 Å². The van der Waals surface area contributed by atoms with Crippen LogP contribution in [0.15, 0.2) is 0 Å². The zero-order valence-corrected chi connectivity index (χ0v) is 41.8. The van der Waals surface area contributed by atoms with E-state index in [2.05, 4.69) is 19.2 Å². The maximum Gasteiger partial charge on any atom is 0.222 e. The van der Waals surface area contributed by atoms with E-state index in [0.29, 0.717) is 12.8 Å². The van der Waals surface area contributed by atoms with Crippen LogP contribution in [0.2, 0.25) is 0 Å². The molecule has 3 atom stereocenters. The van der Waals surface area contributed by atoms with Crippen molar-refractivity contribution in [1.29, 1.82) is 0 Å². The average molecular weight is 865 g/mol. The Hall–Kier alpha value is -0.650. The Morgan fingerprint density at radius 1 is 0.344 bits per heavy atom. The largest absolute Gasteiger partial charge is 0.394 e. The lowest BCUT2D eigenvalue weighted by Crippen LogP contribution is -2.46. The minimum atomic E-state index is -0.745. The SMILES string of the molecule is CCCCCCCCCCCCCCCCCCCCCCCCCCCC(O)C(CO)NC(=O)CC(O)CCCCCCCCCCCCCCCCCCCCCCC. The summed E-state index contributed by atoms with van der Waals surface area (Å²) in [6, 6.07) is -0.654. The predicted octanol–water partition coefficient (Wildman–Crippen LogP) is 17.3. The predicted molar refractivity (Wildman–Crippen MR) is 269 cm³/mol. The fourth-order valence-electron chi connectivity index (χ4n) is 9.35. The van der Waals surface area contributed by atoms with Crippen LogP contribution in [0.5, 0.6) is 0 Å². The second kappa shape index (κ2) is 52.0. The van der Waals surface area contributed by atoms with Gasteiger partial charge in [0.05, 0.1) is 31.3 Å². The number of rotatable bonds is 53. The summed E-state index contributed by atoms with van der Waals surface area (Å²) in [4.78, 5) is 12.5. The van der Waals surface area contributed by atoms with Crippen molar-refractivity contribution in [2.75, 3.05) is 6.61 Å². The van der Waals surface area contributed by atoms with Crippen LogP contribution in [0.3, 0.4) is 0 Å². The van der Waals surface area contributed by atoms with Gasteiger partial charge in [-0.25, -0.2) is 0 Å². The number of aliphatic hydroxyl groups excluding tert-OH is 3. The Morgan fingerprint density at radius 3 is 0.787 bits per heavy atom. The van der Waals surface area contributed by atoms with Crippen molar-refractivity contribution in [2.45, 2.75) is 347 Å². The number of nitrogens with one attached hydrogen (secondary N) is 1. The number of hydrogen-bond donors (Lipinski definition) is 4. The van der Waals surface area contributed by atoms with Crippen molar-refractivity contribution in [3.05, 3.63) is 0 Å². The standard InChI is InChI=1S/C56H113NO4/c1-3-5-7-9-11-13-15-17-19-21-23-25-26-27-28-30-32-34-36-38-40-42-44-46-48-50-55(60)54(52-58)57-56(61)51-53(59)49-47-45-43-41-39-37-35-33-31-29-24-22-20-18-16-14-12-10-8-6-4-2/h53-55,58-60H,3-52H2,1-2H3,(H,57,61). The third kappa shape index (κ3) is 48.6. The Morgan fingerprint density at radius 2 is 0.557 bits per heavy atom. The lowest BCUT2D eigenvalue weighted by atomic mass is 10.0. The molecular formula is C56H113NO4. The van der Waals surface area contributed by atoms with Crippen LogP contribution in [0, 0.1) is 0 Å². The molecule has 0 rings (SSSR count). The minimum absolute atomic E-state index is 0.0436. The number of hydrogen-bond acceptors (Lipinski definition) is 4. The van der Waals surface area contributed by atoms with E-state index in [0.717, 1.165) is 25.7 Å². The van der Waals surface area contributed by atoms with Crippen LogP contribution in [0.4, 0.5) is 0 Å². The monoisotopic (exact) mass is 864 g/mol. The van der Waals surface area contributed by atoms with Crippen molar-refractivity contribution >= 4 is 5.91 Å². The van der Waals surface area contributed by atoms with Gasteiger partial charge in [-0.05, 0) is 12.8 Å². The molecule has 4 N–H and O–H groups in total. The first kappa shape index (κ1) is 60.4. The van der Waals surface area contributed by atoms with E-state index in [1.165, 1.54) is 270 Å². The molecule has 0 saturated carbocycles. The third-order valence-corrected chi connectivity index (χ3v) is 13.7. The molecule has 0 radical (unpaired) electrons. The Labute approximate surface area is 383 Å².